The van der Waals surface area contributed by atoms with Crippen molar-refractivity contribution in [2.45, 2.75) is 39.3 Å². The smallest absolute Gasteiger partial charge is 0.223 e. The molecule has 138 valence electrons. The Labute approximate surface area is 155 Å². The van der Waals surface area contributed by atoms with Gasteiger partial charge >= 0.3 is 0 Å². The lowest BCUT2D eigenvalue weighted by Crippen LogP contribution is -2.41. The molecular formula is C22H27FN2O. The maximum atomic E-state index is 13.0. The van der Waals surface area contributed by atoms with Crippen LogP contribution in [0.3, 0.4) is 0 Å². The molecule has 1 heterocycles. The lowest BCUT2D eigenvalue weighted by molar-refractivity contribution is -0.127. The van der Waals surface area contributed by atoms with Crippen LogP contribution in [0.15, 0.2) is 48.5 Å². The van der Waals surface area contributed by atoms with Gasteiger partial charge in [0.15, 0.2) is 0 Å². The second-order valence-electron chi connectivity index (χ2n) is 7.26. The van der Waals surface area contributed by atoms with Crippen LogP contribution >= 0.6 is 0 Å². The molecular weight excluding hydrogens is 327 g/mol. The van der Waals surface area contributed by atoms with Crippen molar-refractivity contribution in [3.8, 4) is 0 Å². The molecule has 2 aromatic rings. The first kappa shape index (κ1) is 18.6. The Kier molecular flexibility index (Phi) is 6.04. The average molecular weight is 354 g/mol. The van der Waals surface area contributed by atoms with E-state index >= 15 is 0 Å². The van der Waals surface area contributed by atoms with Crippen molar-refractivity contribution in [1.29, 1.82) is 0 Å². The van der Waals surface area contributed by atoms with E-state index in [4.69, 9.17) is 0 Å². The summed E-state index contributed by atoms with van der Waals surface area (Å²) in [7, 11) is 0. The maximum absolute atomic E-state index is 13.0. The lowest BCUT2D eigenvalue weighted by atomic mass is 9.94. The van der Waals surface area contributed by atoms with Crippen LogP contribution < -0.4 is 5.32 Å². The van der Waals surface area contributed by atoms with Crippen LogP contribution in [0.2, 0.25) is 0 Å². The summed E-state index contributed by atoms with van der Waals surface area (Å²) >= 11 is 0. The summed E-state index contributed by atoms with van der Waals surface area (Å²) in [6.45, 7) is 6.92. The van der Waals surface area contributed by atoms with Gasteiger partial charge in [-0.25, -0.2) is 4.39 Å². The number of piperidine rings is 1. The third-order valence-electron chi connectivity index (χ3n) is 5.34. The summed E-state index contributed by atoms with van der Waals surface area (Å²) in [6, 6.07) is 14.7. The number of amides is 1. The predicted molar refractivity (Wildman–Crippen MR) is 102 cm³/mol. The fourth-order valence-electron chi connectivity index (χ4n) is 3.55. The van der Waals surface area contributed by atoms with Gasteiger partial charge < -0.3 is 5.32 Å². The Morgan fingerprint density at radius 3 is 2.46 bits per heavy atom. The second-order valence-corrected chi connectivity index (χ2v) is 7.26. The van der Waals surface area contributed by atoms with Crippen LogP contribution in [0, 0.1) is 18.7 Å². The number of rotatable bonds is 5. The number of hydrogen-bond acceptors (Lipinski definition) is 2. The van der Waals surface area contributed by atoms with Crippen LogP contribution in [0.5, 0.6) is 0 Å². The van der Waals surface area contributed by atoms with Gasteiger partial charge in [0.25, 0.3) is 0 Å². The molecule has 0 bridgehead atoms. The van der Waals surface area contributed by atoms with Crippen molar-refractivity contribution < 1.29 is 9.18 Å². The van der Waals surface area contributed by atoms with E-state index in [1.165, 1.54) is 23.3 Å². The van der Waals surface area contributed by atoms with E-state index in [1.807, 2.05) is 6.92 Å². The van der Waals surface area contributed by atoms with E-state index in [-0.39, 0.29) is 23.7 Å². The van der Waals surface area contributed by atoms with Crippen LogP contribution in [0.4, 0.5) is 4.39 Å². The summed E-state index contributed by atoms with van der Waals surface area (Å²) in [6.07, 6.45) is 1.77. The summed E-state index contributed by atoms with van der Waals surface area (Å²) in [5.74, 6) is -0.0864. The Bertz CT molecular complexity index is 736. The molecule has 0 aromatic heterocycles. The number of halogens is 1. The van der Waals surface area contributed by atoms with Gasteiger partial charge in [0.2, 0.25) is 5.91 Å². The second kappa shape index (κ2) is 8.45. The first-order chi connectivity index (χ1) is 12.5. The minimum absolute atomic E-state index is 0.0611. The van der Waals surface area contributed by atoms with Crippen molar-refractivity contribution in [3.63, 3.8) is 0 Å². The molecule has 0 aliphatic carbocycles. The van der Waals surface area contributed by atoms with Gasteiger partial charge in [-0.2, -0.15) is 0 Å². The zero-order valence-electron chi connectivity index (χ0n) is 15.5. The third kappa shape index (κ3) is 4.70. The molecule has 0 unspecified atom stereocenters. The van der Waals surface area contributed by atoms with Crippen LogP contribution in [-0.4, -0.2) is 23.9 Å². The molecule has 1 N–H and O–H groups in total. The topological polar surface area (TPSA) is 32.3 Å². The average Bonchev–Trinajstić information content (AvgIpc) is 2.64. The monoisotopic (exact) mass is 354 g/mol. The largest absolute Gasteiger partial charge is 0.349 e. The number of carbonyl (C=O) groups excluding carboxylic acids is 1. The van der Waals surface area contributed by atoms with E-state index in [0.29, 0.717) is 0 Å². The Morgan fingerprint density at radius 1 is 1.15 bits per heavy atom. The molecule has 0 saturated carbocycles. The SMILES string of the molecule is Cc1ccccc1CN1CCC(C(=O)N[C@@H](C)c2ccc(F)cc2)CC1. The van der Waals surface area contributed by atoms with E-state index in [9.17, 15) is 9.18 Å². The van der Waals surface area contributed by atoms with Crippen molar-refractivity contribution in [2.24, 2.45) is 5.92 Å². The Hall–Kier alpha value is -2.20. The number of benzene rings is 2. The highest BCUT2D eigenvalue weighted by Crippen LogP contribution is 2.22. The number of aryl methyl sites for hydroxylation is 1. The summed E-state index contributed by atoms with van der Waals surface area (Å²) in [5.41, 5.74) is 3.61. The molecule has 26 heavy (non-hydrogen) atoms. The molecule has 4 heteroatoms. The zero-order valence-corrected chi connectivity index (χ0v) is 15.5. The van der Waals surface area contributed by atoms with Gasteiger partial charge in [-0.15, -0.1) is 0 Å². The first-order valence-corrected chi connectivity index (χ1v) is 9.35. The van der Waals surface area contributed by atoms with E-state index in [2.05, 4.69) is 41.4 Å². The zero-order chi connectivity index (χ0) is 18.5. The van der Waals surface area contributed by atoms with Gasteiger partial charge in [0.05, 0.1) is 6.04 Å². The van der Waals surface area contributed by atoms with Crippen LogP contribution in [-0.2, 0) is 11.3 Å². The van der Waals surface area contributed by atoms with Crippen LogP contribution in [0.25, 0.3) is 0 Å². The quantitative estimate of drug-likeness (QED) is 0.872. The highest BCUT2D eigenvalue weighted by Gasteiger charge is 2.26. The minimum atomic E-state index is -0.256. The number of nitrogens with one attached hydrogen (secondary N) is 1. The van der Waals surface area contributed by atoms with Gasteiger partial charge in [-0.05, 0) is 68.6 Å². The lowest BCUT2D eigenvalue weighted by Gasteiger charge is -2.32. The summed E-state index contributed by atoms with van der Waals surface area (Å²) < 4.78 is 13.0. The maximum Gasteiger partial charge on any atom is 0.223 e. The fraction of sp³-hybridized carbons (Fsp3) is 0.409. The number of hydrogen-bond donors (Lipinski definition) is 1. The third-order valence-corrected chi connectivity index (χ3v) is 5.34. The van der Waals surface area contributed by atoms with Gasteiger partial charge in [0, 0.05) is 12.5 Å². The Balaban J connectivity index is 1.49. The summed E-state index contributed by atoms with van der Waals surface area (Å²) in [4.78, 5) is 15.0. The highest BCUT2D eigenvalue weighted by atomic mass is 19.1. The Morgan fingerprint density at radius 2 is 1.81 bits per heavy atom. The van der Waals surface area contributed by atoms with E-state index in [0.717, 1.165) is 38.0 Å². The molecule has 3 rings (SSSR count). The van der Waals surface area contributed by atoms with Gasteiger partial charge in [-0.1, -0.05) is 36.4 Å². The van der Waals surface area contributed by atoms with E-state index < -0.39 is 0 Å². The van der Waals surface area contributed by atoms with Crippen molar-refractivity contribution in [2.75, 3.05) is 13.1 Å². The molecule has 1 saturated heterocycles. The molecule has 1 fully saturated rings. The molecule has 0 spiro atoms. The first-order valence-electron chi connectivity index (χ1n) is 9.35. The number of likely N-dealkylation sites (tertiary alicyclic amines) is 1. The predicted octanol–water partition coefficient (Wildman–Crippen LogP) is 4.22. The normalized spacial score (nSPS) is 17.0. The molecule has 1 aliphatic rings. The number of nitrogens with zero attached hydrogens (tertiary/aromatic N) is 1. The van der Waals surface area contributed by atoms with Crippen LogP contribution in [0.1, 0.15) is 42.5 Å². The summed E-state index contributed by atoms with van der Waals surface area (Å²) in [5, 5.41) is 3.08. The molecule has 3 nitrogen and oxygen atoms in total. The van der Waals surface area contributed by atoms with E-state index in [1.54, 1.807) is 12.1 Å². The number of carbonyl (C=O) groups is 1. The fourth-order valence-corrected chi connectivity index (χ4v) is 3.55. The van der Waals surface area contributed by atoms with Crippen molar-refractivity contribution in [1.82, 2.24) is 10.2 Å². The molecule has 0 radical (unpaired) electrons. The van der Waals surface area contributed by atoms with Gasteiger partial charge in [-0.3, -0.25) is 9.69 Å². The van der Waals surface area contributed by atoms with Crippen molar-refractivity contribution >= 4 is 5.91 Å². The minimum Gasteiger partial charge on any atom is -0.349 e. The molecule has 1 aliphatic heterocycles. The molecule has 1 atom stereocenters. The van der Waals surface area contributed by atoms with Crippen molar-refractivity contribution in [3.05, 3.63) is 71.0 Å². The highest BCUT2D eigenvalue weighted by molar-refractivity contribution is 5.79. The molecule has 1 amide bonds. The standard InChI is InChI=1S/C22H27FN2O/c1-16-5-3-4-6-20(16)15-25-13-11-19(12-14-25)22(26)24-17(2)18-7-9-21(23)10-8-18/h3-10,17,19H,11-15H2,1-2H3,(H,24,26)/t17-/m0/s1. The van der Waals surface area contributed by atoms with Gasteiger partial charge in [0.1, 0.15) is 5.82 Å². The molecule has 2 aromatic carbocycles.